The molecule has 0 radical (unpaired) electrons. The molecule has 23 heavy (non-hydrogen) atoms. The van der Waals surface area contributed by atoms with E-state index < -0.39 is 0 Å². The largest absolute Gasteiger partial charge is 0.349 e. The molecule has 1 saturated carbocycles. The van der Waals surface area contributed by atoms with Crippen molar-refractivity contribution in [2.45, 2.75) is 45.1 Å². The van der Waals surface area contributed by atoms with E-state index in [-0.39, 0.29) is 23.8 Å². The van der Waals surface area contributed by atoms with Crippen molar-refractivity contribution in [3.8, 4) is 0 Å². The van der Waals surface area contributed by atoms with Gasteiger partial charge in [-0.1, -0.05) is 6.42 Å². The molecule has 2 aliphatic rings. The molecule has 1 aliphatic carbocycles. The maximum atomic E-state index is 12.4. The maximum Gasteiger partial charge on any atom is 0.225 e. The minimum Gasteiger partial charge on any atom is -0.349 e. The van der Waals surface area contributed by atoms with Gasteiger partial charge in [0.2, 0.25) is 11.8 Å². The number of nitrogens with one attached hydrogen (secondary N) is 1. The van der Waals surface area contributed by atoms with Crippen molar-refractivity contribution in [2.24, 2.45) is 18.9 Å². The van der Waals surface area contributed by atoms with E-state index in [1.807, 2.05) is 25.1 Å². The molecule has 2 fully saturated rings. The molecule has 6 nitrogen and oxygen atoms in total. The second-order valence-corrected chi connectivity index (χ2v) is 6.91. The van der Waals surface area contributed by atoms with Crippen LogP contribution in [-0.2, 0) is 16.6 Å². The SMILES string of the molecule is C[C@H](NC(=O)C1CCN(C(=O)C2CCC2)CC1)c1cnn(C)c1. The maximum absolute atomic E-state index is 12.4. The van der Waals surface area contributed by atoms with E-state index in [9.17, 15) is 9.59 Å². The smallest absolute Gasteiger partial charge is 0.225 e. The van der Waals surface area contributed by atoms with Gasteiger partial charge in [0.05, 0.1) is 12.2 Å². The lowest BCUT2D eigenvalue weighted by molar-refractivity contribution is -0.141. The van der Waals surface area contributed by atoms with Crippen LogP contribution >= 0.6 is 0 Å². The summed E-state index contributed by atoms with van der Waals surface area (Å²) in [5, 5.41) is 7.21. The number of hydrogen-bond donors (Lipinski definition) is 1. The summed E-state index contributed by atoms with van der Waals surface area (Å²) in [5.74, 6) is 0.668. The fourth-order valence-corrected chi connectivity index (χ4v) is 3.35. The molecule has 2 amide bonds. The normalized spacial score (nSPS) is 20.9. The van der Waals surface area contributed by atoms with Crippen LogP contribution in [0.1, 0.15) is 50.6 Å². The summed E-state index contributed by atoms with van der Waals surface area (Å²) in [4.78, 5) is 26.6. The van der Waals surface area contributed by atoms with Crippen molar-refractivity contribution >= 4 is 11.8 Å². The van der Waals surface area contributed by atoms with Crippen LogP contribution in [0.25, 0.3) is 0 Å². The van der Waals surface area contributed by atoms with Crippen LogP contribution in [0.15, 0.2) is 12.4 Å². The number of carbonyl (C=O) groups excluding carboxylic acids is 2. The number of nitrogens with zero attached hydrogens (tertiary/aromatic N) is 3. The van der Waals surface area contributed by atoms with E-state index in [1.165, 1.54) is 6.42 Å². The van der Waals surface area contributed by atoms with Gasteiger partial charge in [0.25, 0.3) is 0 Å². The second-order valence-electron chi connectivity index (χ2n) is 6.91. The fraction of sp³-hybridized carbons (Fsp3) is 0.706. The van der Waals surface area contributed by atoms with Gasteiger partial charge in [-0.25, -0.2) is 0 Å². The molecule has 2 heterocycles. The highest BCUT2D eigenvalue weighted by Gasteiger charge is 2.33. The lowest BCUT2D eigenvalue weighted by atomic mass is 9.83. The molecule has 3 rings (SSSR count). The molecule has 6 heteroatoms. The van der Waals surface area contributed by atoms with Crippen LogP contribution in [0, 0.1) is 11.8 Å². The highest BCUT2D eigenvalue weighted by Crippen LogP contribution is 2.30. The molecule has 0 bridgehead atoms. The molecule has 1 atom stereocenters. The van der Waals surface area contributed by atoms with Crippen LogP contribution in [-0.4, -0.2) is 39.6 Å². The molecule has 0 spiro atoms. The molecule has 1 aromatic rings. The van der Waals surface area contributed by atoms with Gasteiger partial charge < -0.3 is 10.2 Å². The van der Waals surface area contributed by atoms with Gasteiger partial charge >= 0.3 is 0 Å². The third-order valence-electron chi connectivity index (χ3n) is 5.22. The zero-order chi connectivity index (χ0) is 16.4. The van der Waals surface area contributed by atoms with Crippen molar-refractivity contribution in [2.75, 3.05) is 13.1 Å². The monoisotopic (exact) mass is 318 g/mol. The van der Waals surface area contributed by atoms with E-state index in [2.05, 4.69) is 10.4 Å². The summed E-state index contributed by atoms with van der Waals surface area (Å²) in [7, 11) is 1.87. The number of amides is 2. The van der Waals surface area contributed by atoms with E-state index >= 15 is 0 Å². The van der Waals surface area contributed by atoms with E-state index in [0.29, 0.717) is 19.0 Å². The Morgan fingerprint density at radius 2 is 1.91 bits per heavy atom. The van der Waals surface area contributed by atoms with Crippen LogP contribution in [0.4, 0.5) is 0 Å². The van der Waals surface area contributed by atoms with Crippen molar-refractivity contribution < 1.29 is 9.59 Å². The molecule has 0 unspecified atom stereocenters. The highest BCUT2D eigenvalue weighted by molar-refractivity contribution is 5.81. The van der Waals surface area contributed by atoms with Gasteiger partial charge in [-0.3, -0.25) is 14.3 Å². The summed E-state index contributed by atoms with van der Waals surface area (Å²) in [6, 6.07) is -0.0363. The number of rotatable bonds is 4. The molecule has 0 aromatic carbocycles. The Hall–Kier alpha value is -1.85. The Bertz CT molecular complexity index is 571. The van der Waals surface area contributed by atoms with E-state index in [1.54, 1.807) is 10.9 Å². The van der Waals surface area contributed by atoms with Crippen LogP contribution < -0.4 is 5.32 Å². The topological polar surface area (TPSA) is 67.2 Å². The predicted octanol–water partition coefficient (Wildman–Crippen LogP) is 1.64. The number of likely N-dealkylation sites (tertiary alicyclic amines) is 1. The first kappa shape index (κ1) is 16.0. The quantitative estimate of drug-likeness (QED) is 0.917. The number of piperidine rings is 1. The first-order chi connectivity index (χ1) is 11.0. The second kappa shape index (κ2) is 6.72. The van der Waals surface area contributed by atoms with Gasteiger partial charge in [-0.2, -0.15) is 5.10 Å². The van der Waals surface area contributed by atoms with Crippen molar-refractivity contribution in [3.63, 3.8) is 0 Å². The molecule has 1 aromatic heterocycles. The number of hydrogen-bond acceptors (Lipinski definition) is 3. The Kier molecular flexibility index (Phi) is 4.68. The van der Waals surface area contributed by atoms with Gasteiger partial charge in [0.15, 0.2) is 0 Å². The molecule has 1 aliphatic heterocycles. The first-order valence-corrected chi connectivity index (χ1v) is 8.62. The zero-order valence-electron chi connectivity index (χ0n) is 14.0. The van der Waals surface area contributed by atoms with Crippen molar-refractivity contribution in [3.05, 3.63) is 18.0 Å². The third-order valence-corrected chi connectivity index (χ3v) is 5.22. The Morgan fingerprint density at radius 3 is 2.43 bits per heavy atom. The number of aryl methyl sites for hydroxylation is 1. The number of carbonyl (C=O) groups is 2. The molecule has 126 valence electrons. The van der Waals surface area contributed by atoms with E-state index in [4.69, 9.17) is 0 Å². The fourth-order valence-electron chi connectivity index (χ4n) is 3.35. The Balaban J connectivity index is 1.47. The van der Waals surface area contributed by atoms with Gasteiger partial charge in [0.1, 0.15) is 0 Å². The van der Waals surface area contributed by atoms with Gasteiger partial charge in [0, 0.05) is 43.7 Å². The summed E-state index contributed by atoms with van der Waals surface area (Å²) in [6.07, 6.45) is 8.51. The van der Waals surface area contributed by atoms with Gasteiger partial charge in [-0.15, -0.1) is 0 Å². The summed E-state index contributed by atoms with van der Waals surface area (Å²) >= 11 is 0. The lowest BCUT2D eigenvalue weighted by Gasteiger charge is -2.36. The minimum absolute atomic E-state index is 0.0135. The number of aromatic nitrogens is 2. The van der Waals surface area contributed by atoms with Crippen LogP contribution in [0.3, 0.4) is 0 Å². The molecule has 1 N–H and O–H groups in total. The third kappa shape index (κ3) is 3.57. The van der Waals surface area contributed by atoms with Gasteiger partial charge in [-0.05, 0) is 32.6 Å². The van der Waals surface area contributed by atoms with Crippen LogP contribution in [0.5, 0.6) is 0 Å². The molecular weight excluding hydrogens is 292 g/mol. The highest BCUT2D eigenvalue weighted by atomic mass is 16.2. The average Bonchev–Trinajstić information content (AvgIpc) is 2.92. The average molecular weight is 318 g/mol. The summed E-state index contributed by atoms with van der Waals surface area (Å²) < 4.78 is 1.74. The Morgan fingerprint density at radius 1 is 1.22 bits per heavy atom. The van der Waals surface area contributed by atoms with Crippen molar-refractivity contribution in [1.82, 2.24) is 20.0 Å². The lowest BCUT2D eigenvalue weighted by Crippen LogP contribution is -2.46. The summed E-state index contributed by atoms with van der Waals surface area (Å²) in [6.45, 7) is 3.41. The van der Waals surface area contributed by atoms with Crippen LogP contribution in [0.2, 0.25) is 0 Å². The van der Waals surface area contributed by atoms with E-state index in [0.717, 1.165) is 31.2 Å². The molecular formula is C17H26N4O2. The predicted molar refractivity (Wildman–Crippen MR) is 86.4 cm³/mol. The zero-order valence-corrected chi connectivity index (χ0v) is 14.0. The molecule has 1 saturated heterocycles. The van der Waals surface area contributed by atoms with Crippen molar-refractivity contribution in [1.29, 1.82) is 0 Å². The Labute approximate surface area is 137 Å². The summed E-state index contributed by atoms with van der Waals surface area (Å²) in [5.41, 5.74) is 1.01. The minimum atomic E-state index is -0.0363. The first-order valence-electron chi connectivity index (χ1n) is 8.62. The standard InChI is InChI=1S/C17H26N4O2/c1-12(15-10-18-20(2)11-15)19-16(22)13-6-8-21(9-7-13)17(23)14-4-3-5-14/h10-14H,3-9H2,1-2H3,(H,19,22)/t12-/m0/s1.